The zero-order valence-corrected chi connectivity index (χ0v) is 19.1. The van der Waals surface area contributed by atoms with Crippen molar-refractivity contribution in [1.29, 1.82) is 0 Å². The Labute approximate surface area is 181 Å². The molecule has 0 saturated carbocycles. The molecule has 3 rings (SSSR count). The van der Waals surface area contributed by atoms with Crippen molar-refractivity contribution in [3.63, 3.8) is 0 Å². The van der Waals surface area contributed by atoms with Crippen molar-refractivity contribution in [2.45, 2.75) is 30.4 Å². The average molecular weight is 450 g/mol. The lowest BCUT2D eigenvalue weighted by molar-refractivity contribution is -0.128. The minimum atomic E-state index is -3.57. The molecule has 0 spiro atoms. The van der Waals surface area contributed by atoms with E-state index in [0.29, 0.717) is 35.7 Å². The number of aryl methyl sites for hydroxylation is 1. The highest BCUT2D eigenvalue weighted by atomic mass is 32.2. The first kappa shape index (κ1) is 22.5. The first-order chi connectivity index (χ1) is 14.2. The third-order valence-electron chi connectivity index (χ3n) is 5.14. The largest absolute Gasteiger partial charge is 0.349 e. The second kappa shape index (κ2) is 9.28. The Morgan fingerprint density at radius 2 is 1.87 bits per heavy atom. The van der Waals surface area contributed by atoms with Gasteiger partial charge in [-0.3, -0.25) is 9.59 Å². The van der Waals surface area contributed by atoms with Gasteiger partial charge in [0.2, 0.25) is 11.8 Å². The first-order valence-corrected chi connectivity index (χ1v) is 12.1. The number of anilines is 1. The van der Waals surface area contributed by atoms with Gasteiger partial charge in [0.25, 0.3) is 10.0 Å². The number of rotatable bonds is 6. The molecule has 2 heterocycles. The van der Waals surface area contributed by atoms with Gasteiger partial charge in [-0.25, -0.2) is 8.42 Å². The predicted octanol–water partition coefficient (Wildman–Crippen LogP) is 2.73. The number of likely N-dealkylation sites (N-methyl/N-ethyl adjacent to an activating group) is 1. The van der Waals surface area contributed by atoms with Gasteiger partial charge in [-0.05, 0) is 49.6 Å². The van der Waals surface area contributed by atoms with Gasteiger partial charge < -0.3 is 10.2 Å². The maximum absolute atomic E-state index is 12.9. The topological polar surface area (TPSA) is 86.8 Å². The van der Waals surface area contributed by atoms with E-state index in [0.717, 1.165) is 10.4 Å². The Balaban J connectivity index is 1.62. The first-order valence-electron chi connectivity index (χ1n) is 9.83. The van der Waals surface area contributed by atoms with Gasteiger partial charge in [0.1, 0.15) is 4.21 Å². The summed E-state index contributed by atoms with van der Waals surface area (Å²) in [6, 6.07) is 10.6. The fourth-order valence-corrected chi connectivity index (χ4v) is 6.30. The molecule has 7 nitrogen and oxygen atoms in total. The number of sulfonamides is 1. The van der Waals surface area contributed by atoms with Crippen molar-refractivity contribution >= 4 is 38.9 Å². The van der Waals surface area contributed by atoms with Gasteiger partial charge in [-0.15, -0.1) is 11.3 Å². The number of nitrogens with one attached hydrogen (secondary N) is 1. The van der Waals surface area contributed by atoms with Crippen molar-refractivity contribution in [2.75, 3.05) is 32.5 Å². The lowest BCUT2D eigenvalue weighted by Gasteiger charge is -2.30. The van der Waals surface area contributed by atoms with E-state index in [1.807, 2.05) is 19.1 Å². The van der Waals surface area contributed by atoms with Crippen molar-refractivity contribution < 1.29 is 18.0 Å². The van der Waals surface area contributed by atoms with Crippen LogP contribution in [0.1, 0.15) is 23.3 Å². The molecular weight excluding hydrogens is 422 g/mol. The monoisotopic (exact) mass is 449 g/mol. The second-order valence-corrected chi connectivity index (χ2v) is 11.2. The molecule has 0 radical (unpaired) electrons. The lowest BCUT2D eigenvalue weighted by Crippen LogP contribution is -2.43. The SMILES string of the molecule is Cc1ccc(S(=O)(=O)N2CCCC(C(=O)Nc3ccc(CC(=O)N(C)C)cc3)C2)s1. The zero-order valence-electron chi connectivity index (χ0n) is 17.4. The van der Waals surface area contributed by atoms with Crippen molar-refractivity contribution in [2.24, 2.45) is 5.92 Å². The third kappa shape index (κ3) is 5.27. The molecule has 1 fully saturated rings. The van der Waals surface area contributed by atoms with Crippen LogP contribution in [0.2, 0.25) is 0 Å². The fourth-order valence-electron chi connectivity index (χ4n) is 3.34. The number of hydrogen-bond acceptors (Lipinski definition) is 5. The number of thiophene rings is 1. The summed E-state index contributed by atoms with van der Waals surface area (Å²) in [4.78, 5) is 27.0. The maximum atomic E-state index is 12.9. The minimum absolute atomic E-state index is 0.0104. The van der Waals surface area contributed by atoms with Crippen LogP contribution in [0.4, 0.5) is 5.69 Å². The molecule has 1 unspecified atom stereocenters. The van der Waals surface area contributed by atoms with Gasteiger partial charge in [-0.2, -0.15) is 4.31 Å². The Hall–Kier alpha value is -2.23. The summed E-state index contributed by atoms with van der Waals surface area (Å²) < 4.78 is 27.5. The van der Waals surface area contributed by atoms with E-state index in [1.165, 1.54) is 20.5 Å². The summed E-state index contributed by atoms with van der Waals surface area (Å²) in [6.07, 6.45) is 1.60. The number of amides is 2. The van der Waals surface area contributed by atoms with Gasteiger partial charge in [-0.1, -0.05) is 12.1 Å². The molecule has 2 amide bonds. The van der Waals surface area contributed by atoms with Crippen molar-refractivity contribution in [3.8, 4) is 0 Å². The lowest BCUT2D eigenvalue weighted by atomic mass is 9.98. The molecule has 1 aliphatic heterocycles. The summed E-state index contributed by atoms with van der Waals surface area (Å²) in [7, 11) is -0.144. The average Bonchev–Trinajstić information content (AvgIpc) is 3.16. The van der Waals surface area contributed by atoms with Crippen LogP contribution in [0.5, 0.6) is 0 Å². The molecule has 1 N–H and O–H groups in total. The molecule has 9 heteroatoms. The zero-order chi connectivity index (χ0) is 21.9. The van der Waals surface area contributed by atoms with Crippen molar-refractivity contribution in [1.82, 2.24) is 9.21 Å². The number of hydrogen-bond donors (Lipinski definition) is 1. The number of nitrogens with zero attached hydrogens (tertiary/aromatic N) is 2. The number of benzene rings is 1. The molecule has 2 aromatic rings. The number of piperidine rings is 1. The molecule has 0 aliphatic carbocycles. The van der Waals surface area contributed by atoms with E-state index in [2.05, 4.69) is 5.32 Å². The van der Waals surface area contributed by atoms with Crippen molar-refractivity contribution in [3.05, 3.63) is 46.8 Å². The standard InChI is InChI=1S/C21H27N3O4S2/c1-15-6-11-20(29-15)30(27,28)24-12-4-5-17(14-24)21(26)22-18-9-7-16(8-10-18)13-19(25)23(2)3/h6-11,17H,4-5,12-14H2,1-3H3,(H,22,26). The van der Waals surface area contributed by atoms with Crippen LogP contribution in [-0.4, -0.2) is 56.6 Å². The maximum Gasteiger partial charge on any atom is 0.252 e. The van der Waals surface area contributed by atoms with Crippen LogP contribution in [-0.2, 0) is 26.0 Å². The quantitative estimate of drug-likeness (QED) is 0.735. The molecule has 30 heavy (non-hydrogen) atoms. The molecule has 1 aromatic heterocycles. The molecule has 0 bridgehead atoms. The second-order valence-electron chi connectivity index (χ2n) is 7.72. The van der Waals surface area contributed by atoms with Gasteiger partial charge >= 0.3 is 0 Å². The van der Waals surface area contributed by atoms with Crippen LogP contribution in [0.25, 0.3) is 0 Å². The highest BCUT2D eigenvalue weighted by Crippen LogP contribution is 2.28. The molecular formula is C21H27N3O4S2. The third-order valence-corrected chi connectivity index (χ3v) is 8.47. The Morgan fingerprint density at radius 3 is 2.47 bits per heavy atom. The van der Waals surface area contributed by atoms with Gasteiger partial charge in [0.05, 0.1) is 12.3 Å². The summed E-state index contributed by atoms with van der Waals surface area (Å²) in [6.45, 7) is 2.48. The van der Waals surface area contributed by atoms with Crippen LogP contribution in [0.15, 0.2) is 40.6 Å². The Kier molecular flexibility index (Phi) is 6.95. The molecule has 1 saturated heterocycles. The van der Waals surface area contributed by atoms with Crippen LogP contribution < -0.4 is 5.32 Å². The van der Waals surface area contributed by atoms with Crippen LogP contribution in [0, 0.1) is 12.8 Å². The molecule has 1 aliphatic rings. The Bertz CT molecular complexity index is 1010. The Morgan fingerprint density at radius 1 is 1.17 bits per heavy atom. The van der Waals surface area contributed by atoms with Gasteiger partial charge in [0.15, 0.2) is 0 Å². The van der Waals surface area contributed by atoms with Gasteiger partial charge in [0, 0.05) is 37.7 Å². The predicted molar refractivity (Wildman–Crippen MR) is 118 cm³/mol. The molecule has 1 aromatic carbocycles. The normalized spacial score (nSPS) is 17.5. The van der Waals surface area contributed by atoms with E-state index >= 15 is 0 Å². The van der Waals surface area contributed by atoms with E-state index in [-0.39, 0.29) is 18.4 Å². The number of carbonyl (C=O) groups is 2. The summed E-state index contributed by atoms with van der Waals surface area (Å²) in [5.41, 5.74) is 1.50. The highest BCUT2D eigenvalue weighted by molar-refractivity contribution is 7.91. The molecule has 1 atom stereocenters. The van der Waals surface area contributed by atoms with Crippen LogP contribution in [0.3, 0.4) is 0 Å². The van der Waals surface area contributed by atoms with E-state index in [4.69, 9.17) is 0 Å². The summed E-state index contributed by atoms with van der Waals surface area (Å²) >= 11 is 1.25. The van der Waals surface area contributed by atoms with E-state index in [1.54, 1.807) is 38.4 Å². The minimum Gasteiger partial charge on any atom is -0.349 e. The number of carbonyl (C=O) groups excluding carboxylic acids is 2. The summed E-state index contributed by atoms with van der Waals surface area (Å²) in [5.74, 6) is -0.574. The van der Waals surface area contributed by atoms with E-state index < -0.39 is 15.9 Å². The van der Waals surface area contributed by atoms with E-state index in [9.17, 15) is 18.0 Å². The fraction of sp³-hybridized carbons (Fsp3) is 0.429. The smallest absolute Gasteiger partial charge is 0.252 e. The summed E-state index contributed by atoms with van der Waals surface area (Å²) in [5, 5.41) is 2.88. The molecule has 162 valence electrons. The van der Waals surface area contributed by atoms with Crippen LogP contribution >= 0.6 is 11.3 Å². The highest BCUT2D eigenvalue weighted by Gasteiger charge is 2.34.